The van der Waals surface area contributed by atoms with Crippen LogP contribution in [-0.4, -0.2) is 58.8 Å². The Kier molecular flexibility index (Phi) is 5.83. The van der Waals surface area contributed by atoms with E-state index in [0.717, 1.165) is 0 Å². The Labute approximate surface area is 123 Å². The lowest BCUT2D eigenvalue weighted by Crippen LogP contribution is -2.27. The fourth-order valence-corrected chi connectivity index (χ4v) is 1.52. The maximum absolute atomic E-state index is 12.0. The first-order valence-electron chi connectivity index (χ1n) is 6.11. The number of carbonyl (C=O) groups is 2. The van der Waals surface area contributed by atoms with Crippen LogP contribution in [0.15, 0.2) is 12.1 Å². The molecule has 0 aliphatic rings. The topological polar surface area (TPSA) is 74.3 Å². The van der Waals surface area contributed by atoms with Crippen molar-refractivity contribution in [3.63, 3.8) is 0 Å². The van der Waals surface area contributed by atoms with Gasteiger partial charge in [-0.25, -0.2) is 4.79 Å². The van der Waals surface area contributed by atoms with Crippen LogP contribution >= 0.6 is 0 Å². The van der Waals surface area contributed by atoms with Crippen molar-refractivity contribution in [2.75, 3.05) is 42.0 Å². The number of esters is 1. The number of likely N-dealkylation sites (N-methyl/N-ethyl adjacent to an activating group) is 1. The predicted octanol–water partition coefficient (Wildman–Crippen LogP) is 0.957. The highest BCUT2D eigenvalue weighted by Gasteiger charge is 2.20. The normalized spacial score (nSPS) is 9.76. The van der Waals surface area contributed by atoms with E-state index in [0.29, 0.717) is 11.5 Å². The van der Waals surface area contributed by atoms with Crippen LogP contribution in [0.3, 0.4) is 0 Å². The predicted molar refractivity (Wildman–Crippen MR) is 75.1 cm³/mol. The largest absolute Gasteiger partial charge is 0.496 e. The minimum atomic E-state index is -0.678. The van der Waals surface area contributed by atoms with Gasteiger partial charge < -0.3 is 23.8 Å². The molecule has 0 N–H and O–H groups in total. The molecule has 0 saturated carbocycles. The van der Waals surface area contributed by atoms with Crippen LogP contribution in [0.1, 0.15) is 10.4 Å². The highest BCUT2D eigenvalue weighted by Crippen LogP contribution is 2.34. The van der Waals surface area contributed by atoms with Crippen LogP contribution in [0.25, 0.3) is 0 Å². The number of amides is 1. The molecule has 0 saturated heterocycles. The SMILES string of the molecule is COc1cc(OC)c(C(=O)OCC(=O)N(C)C)cc1OC. The van der Waals surface area contributed by atoms with E-state index in [1.54, 1.807) is 14.1 Å². The van der Waals surface area contributed by atoms with Gasteiger partial charge in [0.05, 0.1) is 21.3 Å². The van der Waals surface area contributed by atoms with Gasteiger partial charge in [-0.15, -0.1) is 0 Å². The summed E-state index contributed by atoms with van der Waals surface area (Å²) in [6, 6.07) is 2.96. The minimum Gasteiger partial charge on any atom is -0.496 e. The Morgan fingerprint density at radius 1 is 0.952 bits per heavy atom. The fourth-order valence-electron chi connectivity index (χ4n) is 1.52. The highest BCUT2D eigenvalue weighted by atomic mass is 16.5. The van der Waals surface area contributed by atoms with E-state index in [1.807, 2.05) is 0 Å². The van der Waals surface area contributed by atoms with Crippen LogP contribution in [-0.2, 0) is 9.53 Å². The van der Waals surface area contributed by atoms with E-state index >= 15 is 0 Å². The summed E-state index contributed by atoms with van der Waals surface area (Å²) in [5.41, 5.74) is 0.154. The molecule has 7 nitrogen and oxygen atoms in total. The number of nitrogens with zero attached hydrogens (tertiary/aromatic N) is 1. The zero-order valence-corrected chi connectivity index (χ0v) is 12.8. The first-order valence-corrected chi connectivity index (χ1v) is 6.11. The standard InChI is InChI=1S/C14H19NO6/c1-15(2)13(16)8-21-14(17)9-6-11(19-4)12(20-5)7-10(9)18-3/h6-7H,8H2,1-5H3. The monoisotopic (exact) mass is 297 g/mol. The van der Waals surface area contributed by atoms with Crippen molar-refractivity contribution in [2.24, 2.45) is 0 Å². The van der Waals surface area contributed by atoms with Crippen LogP contribution < -0.4 is 14.2 Å². The molecule has 0 atom stereocenters. The number of rotatable bonds is 6. The van der Waals surface area contributed by atoms with E-state index in [2.05, 4.69) is 0 Å². The Morgan fingerprint density at radius 2 is 1.48 bits per heavy atom. The molecular formula is C14H19NO6. The summed E-state index contributed by atoms with van der Waals surface area (Å²) in [5, 5.41) is 0. The Morgan fingerprint density at radius 3 is 1.95 bits per heavy atom. The summed E-state index contributed by atoms with van der Waals surface area (Å²) >= 11 is 0. The van der Waals surface area contributed by atoms with Crippen molar-refractivity contribution in [2.45, 2.75) is 0 Å². The zero-order valence-electron chi connectivity index (χ0n) is 12.8. The van der Waals surface area contributed by atoms with Crippen molar-refractivity contribution in [1.29, 1.82) is 0 Å². The molecule has 1 amide bonds. The summed E-state index contributed by atoms with van der Waals surface area (Å²) in [5.74, 6) is 0.0696. The van der Waals surface area contributed by atoms with Crippen molar-refractivity contribution in [3.8, 4) is 17.2 Å². The number of carbonyl (C=O) groups excluding carboxylic acids is 2. The molecule has 116 valence electrons. The van der Waals surface area contributed by atoms with Gasteiger partial charge in [0, 0.05) is 26.2 Å². The molecule has 7 heteroatoms. The lowest BCUT2D eigenvalue weighted by Gasteiger charge is -2.14. The molecule has 0 heterocycles. The van der Waals surface area contributed by atoms with Gasteiger partial charge in [-0.3, -0.25) is 4.79 Å². The van der Waals surface area contributed by atoms with Crippen molar-refractivity contribution in [3.05, 3.63) is 17.7 Å². The quantitative estimate of drug-likeness (QED) is 0.728. The van der Waals surface area contributed by atoms with Gasteiger partial charge in [0.2, 0.25) is 0 Å². The molecule has 0 radical (unpaired) electrons. The average molecular weight is 297 g/mol. The van der Waals surface area contributed by atoms with E-state index in [4.69, 9.17) is 18.9 Å². The summed E-state index contributed by atoms with van der Waals surface area (Å²) in [6.07, 6.45) is 0. The lowest BCUT2D eigenvalue weighted by molar-refractivity contribution is -0.131. The zero-order chi connectivity index (χ0) is 16.0. The van der Waals surface area contributed by atoms with E-state index in [-0.39, 0.29) is 23.8 Å². The van der Waals surface area contributed by atoms with Gasteiger partial charge in [-0.2, -0.15) is 0 Å². The van der Waals surface area contributed by atoms with E-state index in [1.165, 1.54) is 38.4 Å². The lowest BCUT2D eigenvalue weighted by atomic mass is 10.1. The van der Waals surface area contributed by atoms with Crippen LogP contribution in [0.4, 0.5) is 0 Å². The van der Waals surface area contributed by atoms with Crippen LogP contribution in [0.2, 0.25) is 0 Å². The molecule has 0 unspecified atom stereocenters. The van der Waals surface area contributed by atoms with Gasteiger partial charge in [0.1, 0.15) is 11.3 Å². The molecule has 0 bridgehead atoms. The molecule has 0 aliphatic carbocycles. The summed E-state index contributed by atoms with van der Waals surface area (Å²) in [4.78, 5) is 24.8. The first kappa shape index (κ1) is 16.6. The molecule has 0 fully saturated rings. The maximum atomic E-state index is 12.0. The minimum absolute atomic E-state index is 0.154. The number of methoxy groups -OCH3 is 3. The summed E-state index contributed by atoms with van der Waals surface area (Å²) < 4.78 is 20.3. The second-order valence-electron chi connectivity index (χ2n) is 4.27. The van der Waals surface area contributed by atoms with Crippen molar-refractivity contribution >= 4 is 11.9 Å². The third-order valence-electron chi connectivity index (χ3n) is 2.75. The summed E-state index contributed by atoms with van der Waals surface area (Å²) in [7, 11) is 7.50. The molecule has 1 rings (SSSR count). The fraction of sp³-hybridized carbons (Fsp3) is 0.429. The van der Waals surface area contributed by atoms with Gasteiger partial charge >= 0.3 is 5.97 Å². The molecule has 0 aromatic heterocycles. The second-order valence-corrected chi connectivity index (χ2v) is 4.27. The third kappa shape index (κ3) is 4.01. The molecule has 1 aromatic carbocycles. The average Bonchev–Trinajstić information content (AvgIpc) is 2.50. The van der Waals surface area contributed by atoms with Gasteiger partial charge in [0.25, 0.3) is 5.91 Å². The molecule has 0 spiro atoms. The van der Waals surface area contributed by atoms with E-state index < -0.39 is 5.97 Å². The summed E-state index contributed by atoms with van der Waals surface area (Å²) in [6.45, 7) is -0.344. The van der Waals surface area contributed by atoms with Crippen LogP contribution in [0.5, 0.6) is 17.2 Å². The molecular weight excluding hydrogens is 278 g/mol. The van der Waals surface area contributed by atoms with Gasteiger partial charge in [-0.05, 0) is 0 Å². The van der Waals surface area contributed by atoms with Gasteiger partial charge in [-0.1, -0.05) is 0 Å². The van der Waals surface area contributed by atoms with E-state index in [9.17, 15) is 9.59 Å². The maximum Gasteiger partial charge on any atom is 0.342 e. The number of hydrogen-bond donors (Lipinski definition) is 0. The molecule has 1 aromatic rings. The molecule has 0 aliphatic heterocycles. The second kappa shape index (κ2) is 7.37. The Hall–Kier alpha value is -2.44. The number of benzene rings is 1. The first-order chi connectivity index (χ1) is 9.94. The van der Waals surface area contributed by atoms with Crippen molar-refractivity contribution < 1.29 is 28.5 Å². The Balaban J connectivity index is 3.00. The van der Waals surface area contributed by atoms with Gasteiger partial charge in [0.15, 0.2) is 18.1 Å². The Bertz CT molecular complexity index is 526. The van der Waals surface area contributed by atoms with Crippen molar-refractivity contribution in [1.82, 2.24) is 4.90 Å². The molecule has 21 heavy (non-hydrogen) atoms. The third-order valence-corrected chi connectivity index (χ3v) is 2.75. The van der Waals surface area contributed by atoms with Crippen LogP contribution in [0, 0.1) is 0 Å². The number of ether oxygens (including phenoxy) is 4. The smallest absolute Gasteiger partial charge is 0.342 e. The number of hydrogen-bond acceptors (Lipinski definition) is 6. The highest BCUT2D eigenvalue weighted by molar-refractivity contribution is 5.95.